The Labute approximate surface area is 165 Å². The molecule has 0 N–H and O–H groups in total. The minimum absolute atomic E-state index is 0.0762. The van der Waals surface area contributed by atoms with E-state index in [2.05, 4.69) is 0 Å². The van der Waals surface area contributed by atoms with Gasteiger partial charge in [-0.05, 0) is 24.3 Å². The molecular weight excluding hydrogens is 384 g/mol. The summed E-state index contributed by atoms with van der Waals surface area (Å²) in [5.41, 5.74) is 0.152. The second kappa shape index (κ2) is 4.85. The lowest BCUT2D eigenvalue weighted by Crippen LogP contribution is -1.95. The highest BCUT2D eigenvalue weighted by Gasteiger charge is 2.21. The molecule has 0 unspecified atom stereocenters. The summed E-state index contributed by atoms with van der Waals surface area (Å²) in [5, 5.41) is 6.88. The minimum atomic E-state index is 0.0762. The number of benzene rings is 3. The van der Waals surface area contributed by atoms with Gasteiger partial charge in [-0.1, -0.05) is 36.4 Å². The molecule has 0 aliphatic carbocycles. The third-order valence-corrected chi connectivity index (χ3v) is 8.19. The highest BCUT2D eigenvalue weighted by atomic mass is 32.1. The number of thiophene rings is 2. The molecule has 2 heterocycles. The van der Waals surface area contributed by atoms with Gasteiger partial charge in [0.25, 0.3) is 0 Å². The summed E-state index contributed by atoms with van der Waals surface area (Å²) in [6.07, 6.45) is 0. The fourth-order valence-corrected chi connectivity index (χ4v) is 7.00. The van der Waals surface area contributed by atoms with Crippen LogP contribution in [0.25, 0.3) is 61.9 Å². The van der Waals surface area contributed by atoms with E-state index in [4.69, 9.17) is 0 Å². The lowest BCUT2D eigenvalue weighted by Gasteiger charge is -1.93. The second-order valence-electron chi connectivity index (χ2n) is 7.21. The van der Waals surface area contributed by atoms with Crippen LogP contribution >= 0.6 is 22.7 Å². The van der Waals surface area contributed by atoms with E-state index in [0.29, 0.717) is 0 Å². The fraction of sp³-hybridized carbons (Fsp3) is 0. The summed E-state index contributed by atoms with van der Waals surface area (Å²) in [5.74, 6) is 0. The van der Waals surface area contributed by atoms with Crippen LogP contribution in [0.5, 0.6) is 0 Å². The number of hydrogen-bond donors (Lipinski definition) is 0. The Kier molecular flexibility index (Phi) is 2.58. The molecule has 0 atom stereocenters. The average Bonchev–Trinajstić information content (AvgIpc) is 3.42. The van der Waals surface area contributed by atoms with Crippen LogP contribution in [-0.4, -0.2) is 0 Å². The maximum atomic E-state index is 13.3. The lowest BCUT2D eigenvalue weighted by atomic mass is 10.1. The van der Waals surface area contributed by atoms with E-state index in [9.17, 15) is 9.59 Å². The fourth-order valence-electron chi connectivity index (χ4n) is 4.54. The van der Waals surface area contributed by atoms with E-state index in [1.54, 1.807) is 22.7 Å². The first-order valence-electron chi connectivity index (χ1n) is 9.03. The molecule has 7 aromatic rings. The highest BCUT2D eigenvalue weighted by molar-refractivity contribution is 7.27. The monoisotopic (exact) mass is 394 g/mol. The van der Waals surface area contributed by atoms with Gasteiger partial charge >= 0.3 is 0 Å². The molecule has 0 saturated carbocycles. The molecule has 0 saturated heterocycles. The third kappa shape index (κ3) is 1.60. The largest absolute Gasteiger partial charge is 0.289 e. The Morgan fingerprint density at radius 3 is 1.39 bits per heavy atom. The number of fused-ring (bicyclic) bond motifs is 10. The lowest BCUT2D eigenvalue weighted by molar-refractivity contribution is 1.84. The summed E-state index contributed by atoms with van der Waals surface area (Å²) >= 11 is 3.28. The molecule has 2 aromatic heterocycles. The van der Waals surface area contributed by atoms with Crippen LogP contribution < -0.4 is 10.9 Å². The van der Waals surface area contributed by atoms with E-state index in [1.165, 1.54) is 0 Å². The van der Waals surface area contributed by atoms with Crippen LogP contribution in [0.3, 0.4) is 0 Å². The Morgan fingerprint density at radius 2 is 0.929 bits per heavy atom. The van der Waals surface area contributed by atoms with Gasteiger partial charge in [0.15, 0.2) is 10.9 Å². The summed E-state index contributed by atoms with van der Waals surface area (Å²) < 4.78 is 4.22. The molecule has 0 bridgehead atoms. The van der Waals surface area contributed by atoms with Crippen LogP contribution in [0.1, 0.15) is 0 Å². The number of rotatable bonds is 0. The predicted molar refractivity (Wildman–Crippen MR) is 122 cm³/mol. The SMILES string of the molecule is O=c1c2cc3c(cc2c2sc4ccccc4c12)c(=O)c1c2ccccc2sc31. The van der Waals surface area contributed by atoms with Gasteiger partial charge in [-0.3, -0.25) is 9.59 Å². The molecule has 0 amide bonds. The van der Waals surface area contributed by atoms with Gasteiger partial charge < -0.3 is 0 Å². The molecule has 0 aliphatic heterocycles. The molecule has 0 aliphatic rings. The third-order valence-electron chi connectivity index (χ3n) is 5.78. The van der Waals surface area contributed by atoms with Gasteiger partial charge in [0.1, 0.15) is 0 Å². The smallest absolute Gasteiger partial charge is 0.195 e. The van der Waals surface area contributed by atoms with Crippen LogP contribution in [0, 0.1) is 0 Å². The molecule has 28 heavy (non-hydrogen) atoms. The van der Waals surface area contributed by atoms with Crippen LogP contribution in [0.15, 0.2) is 70.3 Å². The van der Waals surface area contributed by atoms with Crippen molar-refractivity contribution in [1.82, 2.24) is 0 Å². The zero-order chi connectivity index (χ0) is 18.6. The first-order valence-corrected chi connectivity index (χ1v) is 10.7. The van der Waals surface area contributed by atoms with Gasteiger partial charge in [0.05, 0.1) is 0 Å². The molecule has 0 radical (unpaired) electrons. The summed E-state index contributed by atoms with van der Waals surface area (Å²) in [6, 6.07) is 20.0. The van der Waals surface area contributed by atoms with Gasteiger partial charge in [0.2, 0.25) is 0 Å². The predicted octanol–water partition coefficient (Wildman–Crippen LogP) is 6.32. The van der Waals surface area contributed by atoms with Crippen molar-refractivity contribution in [3.63, 3.8) is 0 Å². The first-order chi connectivity index (χ1) is 13.7. The first kappa shape index (κ1) is 14.9. The van der Waals surface area contributed by atoms with Crippen molar-refractivity contribution in [2.45, 2.75) is 0 Å². The minimum Gasteiger partial charge on any atom is -0.289 e. The molecule has 2 nitrogen and oxygen atoms in total. The maximum Gasteiger partial charge on any atom is 0.195 e. The van der Waals surface area contributed by atoms with Gasteiger partial charge in [-0.25, -0.2) is 0 Å². The van der Waals surface area contributed by atoms with Crippen LogP contribution in [0.2, 0.25) is 0 Å². The summed E-state index contributed by atoms with van der Waals surface area (Å²) in [6.45, 7) is 0. The van der Waals surface area contributed by atoms with E-state index in [0.717, 1.165) is 61.9 Å². The summed E-state index contributed by atoms with van der Waals surface area (Å²) in [4.78, 5) is 26.5. The Morgan fingerprint density at radius 1 is 0.500 bits per heavy atom. The Balaban J connectivity index is 1.76. The van der Waals surface area contributed by atoms with E-state index in [-0.39, 0.29) is 10.9 Å². The Bertz CT molecular complexity index is 1720. The van der Waals surface area contributed by atoms with E-state index >= 15 is 0 Å². The maximum absolute atomic E-state index is 13.3. The zero-order valence-electron chi connectivity index (χ0n) is 14.4. The van der Waals surface area contributed by atoms with Gasteiger partial charge in [-0.15, -0.1) is 22.7 Å². The molecule has 4 heteroatoms. The second-order valence-corrected chi connectivity index (χ2v) is 9.31. The quantitative estimate of drug-likeness (QED) is 0.301. The average molecular weight is 394 g/mol. The van der Waals surface area contributed by atoms with Crippen molar-refractivity contribution < 1.29 is 0 Å². The van der Waals surface area contributed by atoms with Crippen molar-refractivity contribution >= 4 is 84.6 Å². The molecule has 5 aromatic carbocycles. The van der Waals surface area contributed by atoms with Gasteiger partial charge in [-0.2, -0.15) is 0 Å². The van der Waals surface area contributed by atoms with Crippen molar-refractivity contribution in [2.75, 3.05) is 0 Å². The molecule has 130 valence electrons. The van der Waals surface area contributed by atoms with Crippen molar-refractivity contribution in [2.24, 2.45) is 0 Å². The standard InChI is InChI=1S/C24H10O2S2/c25-21-13-9-16-14(22(26)20-12-6-2-4-8-18(12)28-24(16)20)10-15(13)23-19(21)11-5-1-3-7-17(11)27-23/h1-10H. The Hall–Kier alpha value is -3.08. The van der Waals surface area contributed by atoms with Crippen molar-refractivity contribution in [3.8, 4) is 0 Å². The van der Waals surface area contributed by atoms with E-state index in [1.807, 2.05) is 60.7 Å². The molecule has 0 fully saturated rings. The van der Waals surface area contributed by atoms with Crippen LogP contribution in [0.4, 0.5) is 0 Å². The van der Waals surface area contributed by atoms with E-state index < -0.39 is 0 Å². The van der Waals surface area contributed by atoms with Crippen molar-refractivity contribution in [1.29, 1.82) is 0 Å². The summed E-state index contributed by atoms with van der Waals surface area (Å²) in [7, 11) is 0. The molecular formula is C24H10O2S2. The van der Waals surface area contributed by atoms with Gasteiger partial charge in [0, 0.05) is 61.9 Å². The van der Waals surface area contributed by atoms with Crippen LogP contribution in [-0.2, 0) is 0 Å². The number of hydrogen-bond acceptors (Lipinski definition) is 4. The molecule has 0 spiro atoms. The molecule has 7 rings (SSSR count). The normalized spacial score (nSPS) is 12.6. The highest BCUT2D eigenvalue weighted by Crippen LogP contribution is 2.42. The topological polar surface area (TPSA) is 34.1 Å². The van der Waals surface area contributed by atoms with Crippen molar-refractivity contribution in [3.05, 3.63) is 81.1 Å². The zero-order valence-corrected chi connectivity index (χ0v) is 16.0.